The average Bonchev–Trinajstić information content (AvgIpc) is 3.71. The second-order valence-electron chi connectivity index (χ2n) is 12.6. The van der Waals surface area contributed by atoms with Crippen LogP contribution in [-0.4, -0.2) is 4.57 Å². The van der Waals surface area contributed by atoms with E-state index in [1.807, 2.05) is 12.1 Å². The van der Waals surface area contributed by atoms with Gasteiger partial charge in [-0.2, -0.15) is 0 Å². The number of furan rings is 1. The highest BCUT2D eigenvalue weighted by molar-refractivity contribution is 6.23. The quantitative estimate of drug-likeness (QED) is 0.190. The molecular weight excluding hydrogens is 597 g/mol. The van der Waals surface area contributed by atoms with Crippen LogP contribution in [0, 0.1) is 0 Å². The van der Waals surface area contributed by atoms with E-state index in [1.165, 1.54) is 49.1 Å². The Morgan fingerprint density at radius 2 is 1.00 bits per heavy atom. The topological polar surface area (TPSA) is 21.3 Å². The molecule has 0 fully saturated rings. The minimum atomic E-state index is 0.921. The Morgan fingerprint density at radius 1 is 0.388 bits per heavy atom. The molecule has 3 heteroatoms. The predicted octanol–water partition coefficient (Wildman–Crippen LogP) is 13.0. The standard InChI is InChI=1S/C46H30N2O/c1-3-11-31(12-4-1)32-19-22-35(23-20-32)47(34-13-5-2-6-14-34)36-24-26-37(27-25-36)48-42-17-9-7-15-38(42)41-30-40-33(29-43(41)48)21-28-45-46(40)39-16-8-10-18-44(39)49-45/h1-30H. The maximum absolute atomic E-state index is 6.25. The van der Waals surface area contributed by atoms with Gasteiger partial charge in [0.1, 0.15) is 11.2 Å². The van der Waals surface area contributed by atoms with Crippen LogP contribution in [0.15, 0.2) is 186 Å². The first-order chi connectivity index (χ1) is 24.3. The molecule has 0 saturated carbocycles. The lowest BCUT2D eigenvalue weighted by molar-refractivity contribution is 0.669. The van der Waals surface area contributed by atoms with Crippen molar-refractivity contribution in [2.75, 3.05) is 4.90 Å². The number of fused-ring (bicyclic) bond motifs is 8. The number of hydrogen-bond acceptors (Lipinski definition) is 2. The van der Waals surface area contributed by atoms with Crippen molar-refractivity contribution in [1.29, 1.82) is 0 Å². The molecule has 2 aromatic heterocycles. The van der Waals surface area contributed by atoms with Crippen molar-refractivity contribution in [3.8, 4) is 16.8 Å². The zero-order valence-corrected chi connectivity index (χ0v) is 26.6. The van der Waals surface area contributed by atoms with Crippen molar-refractivity contribution >= 4 is 71.6 Å². The number of rotatable bonds is 5. The van der Waals surface area contributed by atoms with Gasteiger partial charge >= 0.3 is 0 Å². The Balaban J connectivity index is 1.12. The van der Waals surface area contributed by atoms with Crippen molar-refractivity contribution < 1.29 is 4.42 Å². The van der Waals surface area contributed by atoms with Gasteiger partial charge in [0.2, 0.25) is 0 Å². The van der Waals surface area contributed by atoms with E-state index in [1.54, 1.807) is 0 Å². The molecule has 0 N–H and O–H groups in total. The summed E-state index contributed by atoms with van der Waals surface area (Å²) in [7, 11) is 0. The van der Waals surface area contributed by atoms with Crippen LogP contribution in [0.2, 0.25) is 0 Å². The minimum absolute atomic E-state index is 0.921. The number of nitrogens with zero attached hydrogens (tertiary/aromatic N) is 2. The van der Waals surface area contributed by atoms with Gasteiger partial charge in [0.15, 0.2) is 0 Å². The Hall–Kier alpha value is -6.58. The molecule has 0 atom stereocenters. The lowest BCUT2D eigenvalue weighted by Crippen LogP contribution is -2.10. The number of benzene rings is 8. The molecule has 49 heavy (non-hydrogen) atoms. The first-order valence-corrected chi connectivity index (χ1v) is 16.7. The van der Waals surface area contributed by atoms with Gasteiger partial charge in [-0.15, -0.1) is 0 Å². The van der Waals surface area contributed by atoms with Gasteiger partial charge in [-0.1, -0.05) is 103 Å². The average molecular weight is 627 g/mol. The molecule has 0 saturated heterocycles. The first-order valence-electron chi connectivity index (χ1n) is 16.7. The lowest BCUT2D eigenvalue weighted by atomic mass is 10.0. The van der Waals surface area contributed by atoms with E-state index in [9.17, 15) is 0 Å². The summed E-state index contributed by atoms with van der Waals surface area (Å²) in [6.07, 6.45) is 0. The van der Waals surface area contributed by atoms with Crippen LogP contribution in [0.3, 0.4) is 0 Å². The van der Waals surface area contributed by atoms with Crippen LogP contribution < -0.4 is 4.90 Å². The van der Waals surface area contributed by atoms with Gasteiger partial charge in [-0.25, -0.2) is 0 Å². The molecule has 230 valence electrons. The zero-order chi connectivity index (χ0) is 32.3. The Morgan fingerprint density at radius 3 is 1.78 bits per heavy atom. The van der Waals surface area contributed by atoms with Gasteiger partial charge < -0.3 is 13.9 Å². The smallest absolute Gasteiger partial charge is 0.136 e. The fourth-order valence-corrected chi connectivity index (χ4v) is 7.50. The summed E-state index contributed by atoms with van der Waals surface area (Å²) in [5.41, 5.74) is 11.1. The SMILES string of the molecule is c1ccc(-c2ccc(N(c3ccccc3)c3ccc(-n4c5ccccc5c5cc6c(ccc7oc8ccccc8c76)cc54)cc3)cc2)cc1. The van der Waals surface area contributed by atoms with Crippen molar-refractivity contribution in [3.05, 3.63) is 182 Å². The number of para-hydroxylation sites is 3. The minimum Gasteiger partial charge on any atom is -0.456 e. The third-order valence-corrected chi connectivity index (χ3v) is 9.76. The monoisotopic (exact) mass is 626 g/mol. The van der Waals surface area contributed by atoms with E-state index in [-0.39, 0.29) is 0 Å². The van der Waals surface area contributed by atoms with Crippen LogP contribution >= 0.6 is 0 Å². The van der Waals surface area contributed by atoms with Crippen molar-refractivity contribution in [1.82, 2.24) is 4.57 Å². The van der Waals surface area contributed by atoms with Crippen LogP contribution in [0.1, 0.15) is 0 Å². The van der Waals surface area contributed by atoms with Crippen molar-refractivity contribution in [3.63, 3.8) is 0 Å². The summed E-state index contributed by atoms with van der Waals surface area (Å²) in [5, 5.41) is 7.20. The van der Waals surface area contributed by atoms with Gasteiger partial charge in [0.05, 0.1) is 11.0 Å². The number of hydrogen-bond donors (Lipinski definition) is 0. The van der Waals surface area contributed by atoms with E-state index in [4.69, 9.17) is 4.42 Å². The molecule has 8 aromatic carbocycles. The number of aromatic nitrogens is 1. The summed E-state index contributed by atoms with van der Waals surface area (Å²) < 4.78 is 8.64. The molecule has 0 aliphatic rings. The van der Waals surface area contributed by atoms with Crippen molar-refractivity contribution in [2.45, 2.75) is 0 Å². The second kappa shape index (κ2) is 11.0. The van der Waals surface area contributed by atoms with Crippen LogP contribution in [0.25, 0.3) is 71.3 Å². The second-order valence-corrected chi connectivity index (χ2v) is 12.6. The van der Waals surface area contributed by atoms with Gasteiger partial charge in [0.25, 0.3) is 0 Å². The van der Waals surface area contributed by atoms with Gasteiger partial charge in [-0.05, 0) is 101 Å². The Kier molecular flexibility index (Phi) is 6.18. The first kappa shape index (κ1) is 27.5. The van der Waals surface area contributed by atoms with E-state index in [0.717, 1.165) is 39.3 Å². The normalized spacial score (nSPS) is 11.7. The summed E-state index contributed by atoms with van der Waals surface area (Å²) in [6.45, 7) is 0. The van der Waals surface area contributed by atoms with Crippen molar-refractivity contribution in [2.24, 2.45) is 0 Å². The molecule has 2 heterocycles. The summed E-state index contributed by atoms with van der Waals surface area (Å²) in [5.74, 6) is 0. The van der Waals surface area contributed by atoms with E-state index < -0.39 is 0 Å². The fraction of sp³-hybridized carbons (Fsp3) is 0. The lowest BCUT2D eigenvalue weighted by Gasteiger charge is -2.26. The number of anilines is 3. The highest BCUT2D eigenvalue weighted by Crippen LogP contribution is 2.41. The highest BCUT2D eigenvalue weighted by atomic mass is 16.3. The highest BCUT2D eigenvalue weighted by Gasteiger charge is 2.18. The molecule has 0 unspecified atom stereocenters. The molecule has 10 aromatic rings. The summed E-state index contributed by atoms with van der Waals surface area (Å²) in [4.78, 5) is 2.32. The van der Waals surface area contributed by atoms with Crippen LogP contribution in [0.4, 0.5) is 17.1 Å². The summed E-state index contributed by atoms with van der Waals surface area (Å²) >= 11 is 0. The maximum atomic E-state index is 6.25. The molecule has 0 aliphatic heterocycles. The Bertz CT molecular complexity index is 2790. The van der Waals surface area contributed by atoms with E-state index in [2.05, 4.69) is 179 Å². The molecule has 10 rings (SSSR count). The summed E-state index contributed by atoms with van der Waals surface area (Å²) in [6, 6.07) is 64.9. The maximum Gasteiger partial charge on any atom is 0.136 e. The largest absolute Gasteiger partial charge is 0.456 e. The van der Waals surface area contributed by atoms with Gasteiger partial charge in [-0.3, -0.25) is 0 Å². The van der Waals surface area contributed by atoms with Crippen LogP contribution in [-0.2, 0) is 0 Å². The third-order valence-electron chi connectivity index (χ3n) is 9.76. The molecule has 3 nitrogen and oxygen atoms in total. The van der Waals surface area contributed by atoms with Crippen LogP contribution in [0.5, 0.6) is 0 Å². The third kappa shape index (κ3) is 4.44. The fourth-order valence-electron chi connectivity index (χ4n) is 7.50. The van der Waals surface area contributed by atoms with Gasteiger partial charge in [0, 0.05) is 44.3 Å². The van der Waals surface area contributed by atoms with E-state index in [0.29, 0.717) is 0 Å². The van der Waals surface area contributed by atoms with E-state index >= 15 is 0 Å². The molecular formula is C46H30N2O. The zero-order valence-electron chi connectivity index (χ0n) is 26.6. The molecule has 0 aliphatic carbocycles. The molecule has 0 radical (unpaired) electrons. The molecule has 0 spiro atoms. The predicted molar refractivity (Wildman–Crippen MR) is 206 cm³/mol. The Labute approximate surface area is 283 Å². The molecule has 0 bridgehead atoms. The molecule has 0 amide bonds.